The average molecular weight is 751 g/mol. The number of nitrogens with one attached hydrogen (secondary N) is 2. The number of benzene rings is 3. The summed E-state index contributed by atoms with van der Waals surface area (Å²) < 4.78 is 24.6. The van der Waals surface area contributed by atoms with Crippen LogP contribution in [-0.4, -0.2) is 85.9 Å². The molecule has 5 aromatic rings. The van der Waals surface area contributed by atoms with Gasteiger partial charge in [0.25, 0.3) is 0 Å². The third-order valence-corrected chi connectivity index (χ3v) is 9.87. The second-order valence-corrected chi connectivity index (χ2v) is 14.7. The van der Waals surface area contributed by atoms with Crippen LogP contribution in [0.25, 0.3) is 33.1 Å². The molecule has 0 saturated heterocycles. The van der Waals surface area contributed by atoms with Crippen molar-refractivity contribution < 1.29 is 28.5 Å². The lowest BCUT2D eigenvalue weighted by Gasteiger charge is -2.27. The Hall–Kier alpha value is -5.04. The number of para-hydroxylation sites is 1. The standard InChI is InChI=1S/C43H54N6O6/c1-4-5-18-37-48-39-40(34-16-10-11-17-36(34)47-41(39)44)49(37)29-43(2,3)28-46-38(50)19-21-52-23-25-54-26-24-53-22-20-45-42(51)55-27-35-32-14-8-6-12-30(32)31-13-7-9-15-33(31)35/h6-17,35H,4-5,18-29H2,1-3H3,(H2,44,47)(H,45,51)(H,46,50). The van der Waals surface area contributed by atoms with Gasteiger partial charge in [0.15, 0.2) is 5.82 Å². The van der Waals surface area contributed by atoms with Gasteiger partial charge in [-0.2, -0.15) is 0 Å². The number of nitrogens with zero attached hydrogens (tertiary/aromatic N) is 3. The van der Waals surface area contributed by atoms with Crippen LogP contribution in [0.5, 0.6) is 0 Å². The summed E-state index contributed by atoms with van der Waals surface area (Å²) >= 11 is 0. The molecule has 0 fully saturated rings. The summed E-state index contributed by atoms with van der Waals surface area (Å²) in [5.41, 5.74) is 13.4. The molecule has 0 bridgehead atoms. The fourth-order valence-electron chi connectivity index (χ4n) is 7.09. The largest absolute Gasteiger partial charge is 0.449 e. The van der Waals surface area contributed by atoms with Crippen LogP contribution >= 0.6 is 0 Å². The number of nitrogens with two attached hydrogens (primary N) is 1. The first kappa shape index (κ1) is 39.6. The highest BCUT2D eigenvalue weighted by molar-refractivity contribution is 6.06. The maximum Gasteiger partial charge on any atom is 0.407 e. The van der Waals surface area contributed by atoms with Gasteiger partial charge in [0.2, 0.25) is 5.91 Å². The first-order chi connectivity index (χ1) is 26.8. The highest BCUT2D eigenvalue weighted by Gasteiger charge is 2.29. The quantitative estimate of drug-likeness (QED) is 0.0702. The van der Waals surface area contributed by atoms with Crippen molar-refractivity contribution in [1.82, 2.24) is 25.2 Å². The lowest BCUT2D eigenvalue weighted by Crippen LogP contribution is -2.37. The third-order valence-electron chi connectivity index (χ3n) is 9.87. The zero-order chi connectivity index (χ0) is 38.6. The maximum atomic E-state index is 12.7. The van der Waals surface area contributed by atoms with Crippen molar-refractivity contribution in [2.75, 3.05) is 65.1 Å². The Bertz CT molecular complexity index is 2020. The number of ether oxygens (including phenoxy) is 4. The zero-order valence-electron chi connectivity index (χ0n) is 32.3. The van der Waals surface area contributed by atoms with E-state index in [0.717, 1.165) is 47.0 Å². The fraction of sp³-hybridized carbons (Fsp3) is 0.442. The summed E-state index contributed by atoms with van der Waals surface area (Å²) in [4.78, 5) is 34.6. The Morgan fingerprint density at radius 3 is 2.16 bits per heavy atom. The molecule has 0 saturated carbocycles. The molecular weight excluding hydrogens is 697 g/mol. The van der Waals surface area contributed by atoms with Gasteiger partial charge in [-0.25, -0.2) is 14.8 Å². The van der Waals surface area contributed by atoms with Gasteiger partial charge < -0.3 is 39.9 Å². The number of unbranched alkanes of at least 4 members (excludes halogenated alkanes) is 1. The van der Waals surface area contributed by atoms with Crippen LogP contribution < -0.4 is 16.4 Å². The smallest absolute Gasteiger partial charge is 0.407 e. The zero-order valence-corrected chi connectivity index (χ0v) is 32.3. The molecule has 4 N–H and O–H groups in total. The third kappa shape index (κ3) is 10.2. The molecular formula is C43H54N6O6. The van der Waals surface area contributed by atoms with E-state index in [2.05, 4.69) is 71.3 Å². The van der Waals surface area contributed by atoms with Gasteiger partial charge in [0.1, 0.15) is 17.9 Å². The van der Waals surface area contributed by atoms with Gasteiger partial charge in [-0.15, -0.1) is 0 Å². The number of fused-ring (bicyclic) bond motifs is 6. The van der Waals surface area contributed by atoms with Gasteiger partial charge in [-0.3, -0.25) is 4.79 Å². The molecule has 0 spiro atoms. The summed E-state index contributed by atoms with van der Waals surface area (Å²) in [5.74, 6) is 1.39. The van der Waals surface area contributed by atoms with E-state index in [0.29, 0.717) is 65.1 Å². The van der Waals surface area contributed by atoms with Gasteiger partial charge in [0.05, 0.1) is 50.7 Å². The number of nitrogen functional groups attached to an aromatic ring is 1. The van der Waals surface area contributed by atoms with E-state index in [1.165, 1.54) is 22.3 Å². The Balaban J connectivity index is 0.811. The van der Waals surface area contributed by atoms with Crippen LogP contribution in [0.2, 0.25) is 0 Å². The lowest BCUT2D eigenvalue weighted by molar-refractivity contribution is -0.122. The van der Waals surface area contributed by atoms with Gasteiger partial charge in [-0.05, 0) is 34.7 Å². The molecule has 2 heterocycles. The number of carbonyl (C=O) groups excluding carboxylic acids is 2. The number of imidazole rings is 1. The summed E-state index contributed by atoms with van der Waals surface area (Å²) in [5, 5.41) is 6.87. The molecule has 0 unspecified atom stereocenters. The van der Waals surface area contributed by atoms with Crippen molar-refractivity contribution in [3.63, 3.8) is 0 Å². The Morgan fingerprint density at radius 1 is 0.818 bits per heavy atom. The van der Waals surface area contributed by atoms with Crippen molar-refractivity contribution in [2.45, 2.75) is 58.9 Å². The number of hydrogen-bond donors (Lipinski definition) is 3. The first-order valence-electron chi connectivity index (χ1n) is 19.4. The number of carbonyl (C=O) groups is 2. The topological polar surface area (TPSA) is 152 Å². The average Bonchev–Trinajstić information content (AvgIpc) is 3.71. The number of aromatic nitrogens is 3. The van der Waals surface area contributed by atoms with Crippen LogP contribution in [0, 0.1) is 5.41 Å². The number of amides is 2. The molecule has 12 nitrogen and oxygen atoms in total. The molecule has 0 aliphatic heterocycles. The SMILES string of the molecule is CCCCc1nc2c(N)nc3ccccc3c2n1CC(C)(C)CNC(=O)CCOCCOCCOCCNC(=O)OCC1c2ccccc2-c2ccccc21. The molecule has 6 rings (SSSR count). The number of anilines is 1. The second kappa shape index (κ2) is 19.0. The highest BCUT2D eigenvalue weighted by Crippen LogP contribution is 2.44. The van der Waals surface area contributed by atoms with Crippen LogP contribution in [0.15, 0.2) is 72.8 Å². The van der Waals surface area contributed by atoms with E-state index in [1.54, 1.807) is 0 Å². The van der Waals surface area contributed by atoms with Crippen LogP contribution in [-0.2, 0) is 36.7 Å². The first-order valence-corrected chi connectivity index (χ1v) is 19.4. The van der Waals surface area contributed by atoms with Crippen LogP contribution in [0.3, 0.4) is 0 Å². The molecule has 12 heteroatoms. The molecule has 3 aromatic carbocycles. The normalized spacial score (nSPS) is 12.6. The van der Waals surface area contributed by atoms with Crippen molar-refractivity contribution in [2.24, 2.45) is 5.41 Å². The Morgan fingerprint density at radius 2 is 1.45 bits per heavy atom. The minimum absolute atomic E-state index is 0.0240. The highest BCUT2D eigenvalue weighted by atomic mass is 16.6. The molecule has 2 amide bonds. The van der Waals surface area contributed by atoms with Gasteiger partial charge >= 0.3 is 6.09 Å². The number of alkyl carbamates (subject to hydrolysis) is 1. The summed E-state index contributed by atoms with van der Waals surface area (Å²) in [6.07, 6.45) is 2.73. The second-order valence-electron chi connectivity index (χ2n) is 14.7. The molecule has 0 radical (unpaired) electrons. The van der Waals surface area contributed by atoms with E-state index in [1.807, 2.05) is 42.5 Å². The maximum absolute atomic E-state index is 12.7. The van der Waals surface area contributed by atoms with Crippen molar-refractivity contribution >= 4 is 39.8 Å². The number of hydrogen-bond acceptors (Lipinski definition) is 9. The van der Waals surface area contributed by atoms with E-state index in [9.17, 15) is 9.59 Å². The Kier molecular flexibility index (Phi) is 13.7. The predicted molar refractivity (Wildman–Crippen MR) is 215 cm³/mol. The molecule has 0 atom stereocenters. The van der Waals surface area contributed by atoms with Gasteiger partial charge in [-0.1, -0.05) is 93.9 Å². The van der Waals surface area contributed by atoms with Crippen molar-refractivity contribution in [3.8, 4) is 11.1 Å². The summed E-state index contributed by atoms with van der Waals surface area (Å²) in [6, 6.07) is 24.5. The minimum atomic E-state index is -0.464. The van der Waals surface area contributed by atoms with Crippen molar-refractivity contribution in [1.29, 1.82) is 0 Å². The van der Waals surface area contributed by atoms with E-state index >= 15 is 0 Å². The predicted octanol–water partition coefficient (Wildman–Crippen LogP) is 6.63. The Labute approximate surface area is 323 Å². The summed E-state index contributed by atoms with van der Waals surface area (Å²) in [6.45, 7) is 10.5. The van der Waals surface area contributed by atoms with Crippen LogP contribution in [0.4, 0.5) is 10.6 Å². The minimum Gasteiger partial charge on any atom is -0.449 e. The van der Waals surface area contributed by atoms with E-state index < -0.39 is 6.09 Å². The van der Waals surface area contributed by atoms with E-state index in [4.69, 9.17) is 29.7 Å². The summed E-state index contributed by atoms with van der Waals surface area (Å²) in [7, 11) is 0. The monoisotopic (exact) mass is 750 g/mol. The number of pyridine rings is 1. The molecule has 1 aliphatic carbocycles. The molecule has 292 valence electrons. The number of aryl methyl sites for hydroxylation is 1. The fourth-order valence-corrected chi connectivity index (χ4v) is 7.09. The molecule has 1 aliphatic rings. The van der Waals surface area contributed by atoms with Crippen LogP contribution in [0.1, 0.15) is 62.9 Å². The molecule has 2 aromatic heterocycles. The van der Waals surface area contributed by atoms with Crippen molar-refractivity contribution in [3.05, 3.63) is 89.7 Å². The molecule has 55 heavy (non-hydrogen) atoms. The lowest BCUT2D eigenvalue weighted by atomic mass is 9.93. The number of rotatable bonds is 21. The van der Waals surface area contributed by atoms with E-state index in [-0.39, 0.29) is 30.3 Å². The van der Waals surface area contributed by atoms with Gasteiger partial charge in [0, 0.05) is 49.2 Å².